The second kappa shape index (κ2) is 21.0. The number of benzene rings is 4. The number of piperidine rings is 2. The van der Waals surface area contributed by atoms with Crippen molar-refractivity contribution in [2.24, 2.45) is 11.8 Å². The van der Waals surface area contributed by atoms with E-state index in [2.05, 4.69) is 11.9 Å². The molecule has 0 bridgehead atoms. The van der Waals surface area contributed by atoms with E-state index in [0.717, 1.165) is 30.6 Å². The molecule has 10 nitrogen and oxygen atoms in total. The van der Waals surface area contributed by atoms with Crippen LogP contribution in [0.4, 0.5) is 13.6 Å². The van der Waals surface area contributed by atoms with E-state index in [9.17, 15) is 13.6 Å². The Labute approximate surface area is 356 Å². The lowest BCUT2D eigenvalue weighted by Gasteiger charge is -2.38. The van der Waals surface area contributed by atoms with E-state index in [1.807, 2.05) is 12.1 Å². The summed E-state index contributed by atoms with van der Waals surface area (Å²) >= 11 is 5.62. The summed E-state index contributed by atoms with van der Waals surface area (Å²) in [4.78, 5) is 16.3. The predicted octanol–water partition coefficient (Wildman–Crippen LogP) is 8.31. The van der Waals surface area contributed by atoms with Crippen molar-refractivity contribution >= 4 is 44.7 Å². The number of likely N-dealkylation sites (tertiary alicyclic amines) is 2. The van der Waals surface area contributed by atoms with Crippen LogP contribution in [0.3, 0.4) is 0 Å². The van der Waals surface area contributed by atoms with E-state index < -0.39 is 19.6 Å². The number of carbonyl (C=O) groups is 1. The molecule has 15 heteroatoms. The van der Waals surface area contributed by atoms with Gasteiger partial charge in [0.15, 0.2) is 23.0 Å². The molecule has 4 aromatic rings. The van der Waals surface area contributed by atoms with Gasteiger partial charge in [0.1, 0.15) is 35.2 Å². The largest absolute Gasteiger partial charge is 0.493 e. The molecule has 2 saturated heterocycles. The summed E-state index contributed by atoms with van der Waals surface area (Å²) in [6.45, 7) is -0.582. The quantitative estimate of drug-likeness (QED) is 0.146. The van der Waals surface area contributed by atoms with Crippen molar-refractivity contribution in [2.45, 2.75) is 24.7 Å². The number of hydrogen-bond acceptors (Lipinski definition) is 9. The molecule has 2 fully saturated rings. The molecule has 4 aromatic carbocycles. The summed E-state index contributed by atoms with van der Waals surface area (Å²) in [6, 6.07) is 23.0. The number of carbonyl (C=O) groups excluding carboxylic acids is 1. The number of fused-ring (bicyclic) bond motifs is 2. The molecule has 57 heavy (non-hydrogen) atoms. The Morgan fingerprint density at radius 3 is 1.70 bits per heavy atom. The highest BCUT2D eigenvalue weighted by atomic mass is 35.5. The highest BCUT2D eigenvalue weighted by Gasteiger charge is 2.34. The van der Waals surface area contributed by atoms with Crippen LogP contribution < -0.4 is 28.4 Å². The van der Waals surface area contributed by atoms with Gasteiger partial charge in [-0.3, -0.25) is 0 Å². The summed E-state index contributed by atoms with van der Waals surface area (Å²) in [5.41, 5.74) is 2.12. The van der Waals surface area contributed by atoms with E-state index >= 15 is 0 Å². The van der Waals surface area contributed by atoms with Crippen LogP contribution in [0.2, 0.25) is 0 Å². The number of hydrogen-bond donors (Lipinski definition) is 0. The fraction of sp³-hybridized carbons (Fsp3) is 0.405. The Hall–Kier alpha value is -4.24. The molecule has 0 aromatic heterocycles. The molecule has 0 aliphatic carbocycles. The molecule has 0 radical (unpaired) electrons. The van der Waals surface area contributed by atoms with Crippen LogP contribution in [0.1, 0.15) is 41.3 Å². The molecule has 308 valence electrons. The molecule has 0 spiro atoms. The molecule has 2 unspecified atom stereocenters. The number of halogens is 3. The SMILES string of the molecule is S.S.[2H]C1([2H])Oc2ccc(OCC3CN(C(=O)OCCCl)CC[C@H]3c3ccc(F)cc3)cc2O1.[2H]C1([2H])Oc2ccc(OCC3CN(C)CC[C@H]3c3ccc(F)cc3)cc2O1. The maximum absolute atomic E-state index is 13.4. The lowest BCUT2D eigenvalue weighted by Crippen LogP contribution is -2.45. The molecule has 4 aliphatic heterocycles. The van der Waals surface area contributed by atoms with E-state index in [1.54, 1.807) is 53.4 Å². The zero-order chi connectivity index (χ0) is 41.7. The summed E-state index contributed by atoms with van der Waals surface area (Å²) in [5, 5.41) is 0. The van der Waals surface area contributed by atoms with Crippen molar-refractivity contribution in [3.8, 4) is 34.5 Å². The molecule has 4 aliphatic rings. The Bertz CT molecular complexity index is 2080. The van der Waals surface area contributed by atoms with Gasteiger partial charge in [-0.2, -0.15) is 27.0 Å². The van der Waals surface area contributed by atoms with E-state index in [0.29, 0.717) is 60.8 Å². The summed E-state index contributed by atoms with van der Waals surface area (Å²) < 4.78 is 94.3. The number of nitrogens with zero attached hydrogens (tertiary/aromatic N) is 2. The lowest BCUT2D eigenvalue weighted by atomic mass is 9.81. The van der Waals surface area contributed by atoms with Gasteiger partial charge in [0, 0.05) is 43.6 Å². The first-order valence-corrected chi connectivity index (χ1v) is 18.7. The first-order chi connectivity index (χ1) is 28.2. The Kier molecular flexibility index (Phi) is 14.1. The van der Waals surface area contributed by atoms with E-state index in [4.69, 9.17) is 50.2 Å². The average molecular weight is 851 g/mol. The van der Waals surface area contributed by atoms with Crippen molar-refractivity contribution in [2.75, 3.05) is 72.4 Å². The van der Waals surface area contributed by atoms with Crippen LogP contribution in [-0.2, 0) is 4.74 Å². The van der Waals surface area contributed by atoms with Gasteiger partial charge < -0.3 is 43.0 Å². The van der Waals surface area contributed by atoms with Gasteiger partial charge in [-0.25, -0.2) is 13.6 Å². The third-order valence-electron chi connectivity index (χ3n) is 10.2. The first-order valence-electron chi connectivity index (χ1n) is 20.2. The molecular formula is C42H49ClF2N2O8S2. The molecule has 4 heterocycles. The van der Waals surface area contributed by atoms with E-state index in [1.165, 1.54) is 24.3 Å². The maximum Gasteiger partial charge on any atom is 0.409 e. The highest BCUT2D eigenvalue weighted by Crippen LogP contribution is 2.39. The standard InChI is InChI=1S/C22H23ClFNO5.C20H22FNO3.2H2S/c23-8-10-27-22(26)25-9-7-19(15-1-3-17(24)4-2-15)16(12-25)13-28-18-5-6-20-21(11-18)30-14-29-20;1-22-9-8-18(14-2-4-16(21)5-3-14)15(11-22)12-23-17-6-7-19-20(10-17)25-13-24-19;;/h1-6,11,16,19H,7-10,12-14H2;2-7,10,15,18H,8-9,11-13H2,1H3;2*1H2/t16?,19-;15?,18-;;/m00../s1/i14D2;13D2;;. The summed E-state index contributed by atoms with van der Waals surface area (Å²) in [5.74, 6) is 2.65. The molecule has 0 N–H and O–H groups in total. The van der Waals surface area contributed by atoms with Crippen LogP contribution in [0.25, 0.3) is 0 Å². The van der Waals surface area contributed by atoms with E-state index in [-0.39, 0.29) is 81.2 Å². The number of alkyl halides is 1. The molecule has 0 saturated carbocycles. The van der Waals surface area contributed by atoms with Crippen LogP contribution in [0, 0.1) is 23.5 Å². The maximum atomic E-state index is 13.4. The topological polar surface area (TPSA) is 88.2 Å². The molecule has 8 rings (SSSR count). The van der Waals surface area contributed by atoms with Gasteiger partial charge in [0.05, 0.1) is 19.1 Å². The van der Waals surface area contributed by atoms with Crippen molar-refractivity contribution in [1.82, 2.24) is 9.80 Å². The summed E-state index contributed by atoms with van der Waals surface area (Å²) in [6.07, 6.45) is 1.26. The number of amides is 1. The van der Waals surface area contributed by atoms with Crippen LogP contribution in [-0.4, -0.2) is 88.3 Å². The minimum absolute atomic E-state index is 0. The molecule has 4 atom stereocenters. The zero-order valence-corrected chi connectivity index (χ0v) is 34.0. The van der Waals surface area contributed by atoms with Crippen molar-refractivity contribution < 1.29 is 52.2 Å². The van der Waals surface area contributed by atoms with Crippen LogP contribution in [0.15, 0.2) is 84.9 Å². The zero-order valence-electron chi connectivity index (χ0n) is 35.3. The number of rotatable bonds is 10. The third-order valence-corrected chi connectivity index (χ3v) is 10.3. The van der Waals surface area contributed by atoms with Gasteiger partial charge in [0.2, 0.25) is 13.5 Å². The average Bonchev–Trinajstić information content (AvgIpc) is 3.70. The third kappa shape index (κ3) is 11.5. The van der Waals surface area contributed by atoms with Crippen LogP contribution >= 0.6 is 38.6 Å². The normalized spacial score (nSPS) is 23.4. The van der Waals surface area contributed by atoms with Gasteiger partial charge >= 0.3 is 6.09 Å². The number of ether oxygens (including phenoxy) is 7. The lowest BCUT2D eigenvalue weighted by molar-refractivity contribution is 0.0717. The first kappa shape index (κ1) is 38.3. The van der Waals surface area contributed by atoms with Gasteiger partial charge in [-0.15, -0.1) is 11.6 Å². The van der Waals surface area contributed by atoms with Crippen molar-refractivity contribution in [3.63, 3.8) is 0 Å². The minimum Gasteiger partial charge on any atom is -0.493 e. The molecular weight excluding hydrogens is 798 g/mol. The van der Waals surface area contributed by atoms with Crippen molar-refractivity contribution in [3.05, 3.63) is 108 Å². The smallest absolute Gasteiger partial charge is 0.409 e. The predicted molar refractivity (Wildman–Crippen MR) is 223 cm³/mol. The van der Waals surface area contributed by atoms with Gasteiger partial charge in [0.25, 0.3) is 0 Å². The monoisotopic (exact) mass is 850 g/mol. The van der Waals surface area contributed by atoms with Crippen molar-refractivity contribution in [1.29, 1.82) is 0 Å². The fourth-order valence-corrected chi connectivity index (χ4v) is 7.45. The fourth-order valence-electron chi connectivity index (χ4n) is 7.38. The second-order valence-corrected chi connectivity index (χ2v) is 14.2. The Morgan fingerprint density at radius 2 is 1.19 bits per heavy atom. The summed E-state index contributed by atoms with van der Waals surface area (Å²) in [7, 11) is 2.09. The highest BCUT2D eigenvalue weighted by molar-refractivity contribution is 7.59. The minimum atomic E-state index is -2.21. The molecule has 1 amide bonds. The van der Waals surface area contributed by atoms with Crippen LogP contribution in [0.5, 0.6) is 34.5 Å². The van der Waals surface area contributed by atoms with Gasteiger partial charge in [-0.1, -0.05) is 24.3 Å². The second-order valence-electron chi connectivity index (χ2n) is 13.8. The Balaban J connectivity index is 0.000000226. The van der Waals surface area contributed by atoms with Gasteiger partial charge in [-0.05, 0) is 97.9 Å². The Morgan fingerprint density at radius 1 is 0.719 bits per heavy atom.